The highest BCUT2D eigenvalue weighted by Gasteiger charge is 2.15. The van der Waals surface area contributed by atoms with E-state index in [9.17, 15) is 9.90 Å². The van der Waals surface area contributed by atoms with Crippen molar-refractivity contribution in [1.82, 2.24) is 4.90 Å². The molecule has 0 spiro atoms. The monoisotopic (exact) mass is 323 g/mol. The van der Waals surface area contributed by atoms with Crippen molar-refractivity contribution in [1.29, 1.82) is 0 Å². The lowest BCUT2D eigenvalue weighted by molar-refractivity contribution is -0.137. The number of carboxylic acid groups (broad SMARTS) is 1. The second kappa shape index (κ2) is 8.02. The van der Waals surface area contributed by atoms with Crippen LogP contribution in [0.3, 0.4) is 0 Å². The van der Waals surface area contributed by atoms with Gasteiger partial charge in [-0.1, -0.05) is 43.5 Å². The number of aliphatic carboxylic acids is 1. The Morgan fingerprint density at radius 2 is 1.62 bits per heavy atom. The number of ether oxygens (including phenoxy) is 1. The molecule has 0 aliphatic rings. The minimum atomic E-state index is -0.912. The topological polar surface area (TPSA) is 49.8 Å². The summed E-state index contributed by atoms with van der Waals surface area (Å²) < 4.78 is 5.14. The molecule has 0 fully saturated rings. The SMILES string of the molecule is C=C(CN(CC(=O)O)C(=C)c1ccc(OC)cc1)c1ccccc1. The lowest BCUT2D eigenvalue weighted by Gasteiger charge is -2.26. The molecule has 2 rings (SSSR count). The highest BCUT2D eigenvalue weighted by Crippen LogP contribution is 2.23. The van der Waals surface area contributed by atoms with E-state index < -0.39 is 5.97 Å². The number of methoxy groups -OCH3 is 1. The van der Waals surface area contributed by atoms with Gasteiger partial charge in [-0.15, -0.1) is 0 Å². The van der Waals surface area contributed by atoms with Gasteiger partial charge in [0.1, 0.15) is 12.3 Å². The third-order valence-electron chi connectivity index (χ3n) is 3.69. The predicted octanol–water partition coefficient (Wildman–Crippen LogP) is 3.77. The second-order valence-electron chi connectivity index (χ2n) is 5.39. The Balaban J connectivity index is 2.19. The van der Waals surface area contributed by atoms with Gasteiger partial charge in [-0.25, -0.2) is 0 Å². The lowest BCUT2D eigenvalue weighted by Crippen LogP contribution is -2.29. The molecule has 0 saturated carbocycles. The van der Waals surface area contributed by atoms with Crippen LogP contribution in [-0.2, 0) is 4.79 Å². The molecule has 24 heavy (non-hydrogen) atoms. The van der Waals surface area contributed by atoms with E-state index in [-0.39, 0.29) is 6.54 Å². The first-order valence-electron chi connectivity index (χ1n) is 7.54. The summed E-state index contributed by atoms with van der Waals surface area (Å²) in [6.45, 7) is 8.39. The highest BCUT2D eigenvalue weighted by atomic mass is 16.5. The summed E-state index contributed by atoms with van der Waals surface area (Å²) in [7, 11) is 1.60. The number of rotatable bonds is 8. The van der Waals surface area contributed by atoms with E-state index in [4.69, 9.17) is 4.74 Å². The summed E-state index contributed by atoms with van der Waals surface area (Å²) in [5, 5.41) is 9.21. The first-order valence-corrected chi connectivity index (χ1v) is 7.54. The van der Waals surface area contributed by atoms with Crippen molar-refractivity contribution in [2.75, 3.05) is 20.2 Å². The molecule has 0 atom stereocenters. The smallest absolute Gasteiger partial charge is 0.323 e. The normalized spacial score (nSPS) is 10.0. The quantitative estimate of drug-likeness (QED) is 0.803. The third-order valence-corrected chi connectivity index (χ3v) is 3.69. The van der Waals surface area contributed by atoms with Crippen LogP contribution in [0, 0.1) is 0 Å². The van der Waals surface area contributed by atoms with E-state index in [0.717, 1.165) is 22.4 Å². The van der Waals surface area contributed by atoms with Gasteiger partial charge in [-0.3, -0.25) is 4.79 Å². The molecule has 0 amide bonds. The van der Waals surface area contributed by atoms with E-state index in [1.165, 1.54) is 0 Å². The van der Waals surface area contributed by atoms with Gasteiger partial charge in [-0.05, 0) is 41.0 Å². The Labute approximate surface area is 142 Å². The van der Waals surface area contributed by atoms with Gasteiger partial charge in [-0.2, -0.15) is 0 Å². The van der Waals surface area contributed by atoms with Crippen LogP contribution < -0.4 is 4.74 Å². The van der Waals surface area contributed by atoms with Crippen LogP contribution >= 0.6 is 0 Å². The highest BCUT2D eigenvalue weighted by molar-refractivity contribution is 5.75. The van der Waals surface area contributed by atoms with Crippen LogP contribution in [0.4, 0.5) is 0 Å². The molecule has 0 unspecified atom stereocenters. The Bertz CT molecular complexity index is 720. The summed E-state index contributed by atoms with van der Waals surface area (Å²) in [5.41, 5.74) is 3.30. The van der Waals surface area contributed by atoms with Crippen molar-refractivity contribution in [3.63, 3.8) is 0 Å². The Morgan fingerprint density at radius 1 is 1.00 bits per heavy atom. The van der Waals surface area contributed by atoms with Crippen molar-refractivity contribution in [2.24, 2.45) is 0 Å². The van der Waals surface area contributed by atoms with Gasteiger partial charge in [0.2, 0.25) is 0 Å². The standard InChI is InChI=1S/C20H21NO3/c1-15(17-7-5-4-6-8-17)13-21(14-20(22)23)16(2)18-9-11-19(24-3)12-10-18/h4-12H,1-2,13-14H2,3H3,(H,22,23). The van der Waals surface area contributed by atoms with Crippen LogP contribution in [0.15, 0.2) is 67.8 Å². The summed E-state index contributed by atoms with van der Waals surface area (Å²) in [6.07, 6.45) is 0. The molecular weight excluding hydrogens is 302 g/mol. The molecule has 2 aromatic carbocycles. The van der Waals surface area contributed by atoms with Crippen LogP contribution in [0.2, 0.25) is 0 Å². The molecule has 0 radical (unpaired) electrons. The maximum Gasteiger partial charge on any atom is 0.323 e. The summed E-state index contributed by atoms with van der Waals surface area (Å²) in [5.74, 6) is -0.171. The zero-order chi connectivity index (χ0) is 17.5. The lowest BCUT2D eigenvalue weighted by atomic mass is 10.1. The van der Waals surface area contributed by atoms with E-state index >= 15 is 0 Å². The molecule has 4 nitrogen and oxygen atoms in total. The molecule has 124 valence electrons. The maximum atomic E-state index is 11.2. The number of hydrogen-bond donors (Lipinski definition) is 1. The molecule has 0 aliphatic carbocycles. The number of carboxylic acids is 1. The van der Waals surface area contributed by atoms with Crippen molar-refractivity contribution in [2.45, 2.75) is 0 Å². The van der Waals surface area contributed by atoms with E-state index in [2.05, 4.69) is 13.2 Å². The van der Waals surface area contributed by atoms with Crippen molar-refractivity contribution in [3.05, 3.63) is 78.9 Å². The molecule has 1 N–H and O–H groups in total. The van der Waals surface area contributed by atoms with Crippen LogP contribution in [0.25, 0.3) is 11.3 Å². The molecule has 4 heteroatoms. The largest absolute Gasteiger partial charge is 0.497 e. The van der Waals surface area contributed by atoms with Gasteiger partial charge < -0.3 is 14.7 Å². The van der Waals surface area contributed by atoms with Crippen molar-refractivity contribution >= 4 is 17.2 Å². The zero-order valence-corrected chi connectivity index (χ0v) is 13.7. The van der Waals surface area contributed by atoms with Gasteiger partial charge in [0.25, 0.3) is 0 Å². The van der Waals surface area contributed by atoms with Gasteiger partial charge in [0.05, 0.1) is 7.11 Å². The van der Waals surface area contributed by atoms with Crippen molar-refractivity contribution in [3.8, 4) is 5.75 Å². The van der Waals surface area contributed by atoms with E-state index in [1.807, 2.05) is 54.6 Å². The van der Waals surface area contributed by atoms with E-state index in [0.29, 0.717) is 12.2 Å². The maximum absolute atomic E-state index is 11.2. The first-order chi connectivity index (χ1) is 11.5. The van der Waals surface area contributed by atoms with Crippen LogP contribution in [0.5, 0.6) is 5.75 Å². The van der Waals surface area contributed by atoms with E-state index in [1.54, 1.807) is 12.0 Å². The average Bonchev–Trinajstić information content (AvgIpc) is 2.61. The van der Waals surface area contributed by atoms with Gasteiger partial charge in [0, 0.05) is 12.2 Å². The summed E-state index contributed by atoms with van der Waals surface area (Å²) >= 11 is 0. The second-order valence-corrected chi connectivity index (χ2v) is 5.39. The number of benzene rings is 2. The molecule has 0 heterocycles. The Hall–Kier alpha value is -3.01. The molecule has 0 aliphatic heterocycles. The molecule has 2 aromatic rings. The predicted molar refractivity (Wildman–Crippen MR) is 96.7 cm³/mol. The number of carbonyl (C=O) groups is 1. The van der Waals surface area contributed by atoms with Crippen LogP contribution in [-0.4, -0.2) is 36.2 Å². The zero-order valence-electron chi connectivity index (χ0n) is 13.7. The first kappa shape index (κ1) is 17.3. The third kappa shape index (κ3) is 4.49. The molecule has 0 aromatic heterocycles. The molecule has 0 saturated heterocycles. The average molecular weight is 323 g/mol. The van der Waals surface area contributed by atoms with Gasteiger partial charge >= 0.3 is 5.97 Å². The molecule has 0 bridgehead atoms. The summed E-state index contributed by atoms with van der Waals surface area (Å²) in [6, 6.07) is 17.1. The fourth-order valence-electron chi connectivity index (χ4n) is 2.37. The number of nitrogens with zero attached hydrogens (tertiary/aromatic N) is 1. The fraction of sp³-hybridized carbons (Fsp3) is 0.150. The summed E-state index contributed by atoms with van der Waals surface area (Å²) in [4.78, 5) is 12.9. The fourth-order valence-corrected chi connectivity index (χ4v) is 2.37. The minimum absolute atomic E-state index is 0.142. The molecular formula is C20H21NO3. The van der Waals surface area contributed by atoms with Crippen molar-refractivity contribution < 1.29 is 14.6 Å². The Kier molecular flexibility index (Phi) is 5.79. The minimum Gasteiger partial charge on any atom is -0.497 e. The van der Waals surface area contributed by atoms with Gasteiger partial charge in [0.15, 0.2) is 0 Å². The Morgan fingerprint density at radius 3 is 2.17 bits per heavy atom. The number of hydrogen-bond acceptors (Lipinski definition) is 3. The van der Waals surface area contributed by atoms with Crippen LogP contribution in [0.1, 0.15) is 11.1 Å².